The summed E-state index contributed by atoms with van der Waals surface area (Å²) in [6.07, 6.45) is 14.0. The molecule has 1 spiro atoms. The third-order valence-electron chi connectivity index (χ3n) is 7.15. The zero-order chi connectivity index (χ0) is 27.1. The Morgan fingerprint density at radius 1 is 1.35 bits per heavy atom. The maximum absolute atomic E-state index is 12.0. The maximum atomic E-state index is 12.0. The van der Waals surface area contributed by atoms with Gasteiger partial charge in [-0.3, -0.25) is 4.79 Å². The monoisotopic (exact) mass is 551 g/mol. The number of nitrogens with zero attached hydrogens (tertiary/aromatic N) is 1. The summed E-state index contributed by atoms with van der Waals surface area (Å²) in [5.41, 5.74) is 1.03. The van der Waals surface area contributed by atoms with Gasteiger partial charge in [0, 0.05) is 26.3 Å². The third kappa shape index (κ3) is 9.39. The molecule has 3 fully saturated rings. The van der Waals surface area contributed by atoms with E-state index in [1.165, 1.54) is 11.8 Å². The van der Waals surface area contributed by atoms with Gasteiger partial charge in [0.1, 0.15) is 6.73 Å². The van der Waals surface area contributed by atoms with Crippen molar-refractivity contribution < 1.29 is 28.9 Å². The van der Waals surface area contributed by atoms with Crippen LogP contribution in [0, 0.1) is 5.92 Å². The summed E-state index contributed by atoms with van der Waals surface area (Å²) in [5, 5.41) is 10.6. The SMILES string of the molecule is C/C(=C/C(=O)OCC[Si](C)(C)C)CC/C=C/C=C\[C@@H](C)CC[C@@H]1CC(O)C[C@@]2(OCN3C(=O)SC[C@H]32)O1. The molecular weight excluding hydrogens is 506 g/mol. The number of thioether (sulfide) groups is 1. The second-order valence-corrected chi connectivity index (χ2v) is 18.4. The highest BCUT2D eigenvalue weighted by Gasteiger charge is 2.58. The second kappa shape index (κ2) is 13.6. The molecule has 0 aromatic carbocycles. The van der Waals surface area contributed by atoms with Crippen LogP contribution in [-0.2, 0) is 19.0 Å². The van der Waals surface area contributed by atoms with Crippen LogP contribution < -0.4 is 0 Å². The average Bonchev–Trinajstić information content (AvgIpc) is 3.34. The predicted molar refractivity (Wildman–Crippen MR) is 151 cm³/mol. The zero-order valence-corrected chi connectivity index (χ0v) is 24.9. The number of aliphatic hydroxyl groups excluding tert-OH is 1. The van der Waals surface area contributed by atoms with Crippen molar-refractivity contribution in [1.82, 2.24) is 4.90 Å². The van der Waals surface area contributed by atoms with E-state index in [2.05, 4.69) is 50.9 Å². The molecule has 9 heteroatoms. The molecule has 3 rings (SSSR count). The van der Waals surface area contributed by atoms with Crippen molar-refractivity contribution in [3.63, 3.8) is 0 Å². The molecule has 0 aliphatic carbocycles. The zero-order valence-electron chi connectivity index (χ0n) is 23.1. The number of esters is 1. The van der Waals surface area contributed by atoms with Gasteiger partial charge in [0.05, 0.1) is 24.9 Å². The van der Waals surface area contributed by atoms with E-state index >= 15 is 0 Å². The van der Waals surface area contributed by atoms with Crippen LogP contribution in [0.3, 0.4) is 0 Å². The van der Waals surface area contributed by atoms with Crippen molar-refractivity contribution in [3.05, 3.63) is 36.0 Å². The highest BCUT2D eigenvalue weighted by molar-refractivity contribution is 8.13. The van der Waals surface area contributed by atoms with Crippen molar-refractivity contribution in [2.75, 3.05) is 19.1 Å². The van der Waals surface area contributed by atoms with Crippen LogP contribution in [0.15, 0.2) is 36.0 Å². The number of ether oxygens (including phenoxy) is 3. The number of amides is 1. The molecule has 3 saturated heterocycles. The van der Waals surface area contributed by atoms with E-state index < -0.39 is 20.0 Å². The molecule has 37 heavy (non-hydrogen) atoms. The quantitative estimate of drug-likeness (QED) is 0.140. The first kappa shape index (κ1) is 30.2. The molecular formula is C28H45NO6SSi. The Bertz CT molecular complexity index is 884. The molecule has 1 N–H and O–H groups in total. The Morgan fingerprint density at radius 3 is 2.89 bits per heavy atom. The molecule has 3 heterocycles. The second-order valence-electron chi connectivity index (χ2n) is 11.9. The molecule has 1 unspecified atom stereocenters. The number of rotatable bonds is 12. The van der Waals surface area contributed by atoms with Crippen LogP contribution in [0.4, 0.5) is 4.79 Å². The number of allylic oxidation sites excluding steroid dienone is 5. The highest BCUT2D eigenvalue weighted by Crippen LogP contribution is 2.45. The molecule has 0 aromatic rings. The molecule has 1 amide bonds. The summed E-state index contributed by atoms with van der Waals surface area (Å²) >= 11 is 1.31. The topological polar surface area (TPSA) is 85.3 Å². The number of aliphatic hydroxyl groups is 1. The molecule has 0 bridgehead atoms. The van der Waals surface area contributed by atoms with Gasteiger partial charge in [-0.25, -0.2) is 4.79 Å². The van der Waals surface area contributed by atoms with E-state index in [1.807, 2.05) is 6.92 Å². The molecule has 0 radical (unpaired) electrons. The van der Waals surface area contributed by atoms with Crippen LogP contribution in [-0.4, -0.2) is 72.4 Å². The van der Waals surface area contributed by atoms with E-state index in [4.69, 9.17) is 14.2 Å². The highest BCUT2D eigenvalue weighted by atomic mass is 32.2. The predicted octanol–water partition coefficient (Wildman–Crippen LogP) is 5.88. The standard InChI is InChI=1S/C28H45NO6SSi/c1-21(10-8-6-7-9-11-22(2)16-26(31)33-14-15-37(3,4)5)12-13-24-17-23(30)18-28(35-24)25-19-36-27(32)29(25)20-34-28/h6-8,10,16,21,23-25,30H,9,11-15,17-20H2,1-5H3/b7-6+,10-8-,22-16-/t21-,23?,24-,25+,28-/m1/s1. The van der Waals surface area contributed by atoms with Gasteiger partial charge in [0.2, 0.25) is 0 Å². The Hall–Kier alpha value is -1.39. The van der Waals surface area contributed by atoms with Gasteiger partial charge in [-0.05, 0) is 51.0 Å². The lowest BCUT2D eigenvalue weighted by atomic mass is 9.90. The lowest BCUT2D eigenvalue weighted by molar-refractivity contribution is -0.279. The van der Waals surface area contributed by atoms with Gasteiger partial charge in [-0.15, -0.1) is 0 Å². The number of carbonyl (C=O) groups is 2. The first-order valence-corrected chi connectivity index (χ1v) is 18.3. The van der Waals surface area contributed by atoms with E-state index in [9.17, 15) is 14.7 Å². The summed E-state index contributed by atoms with van der Waals surface area (Å²) in [4.78, 5) is 25.7. The smallest absolute Gasteiger partial charge is 0.330 e. The molecule has 3 aliphatic rings. The fourth-order valence-electron chi connectivity index (χ4n) is 4.87. The minimum Gasteiger partial charge on any atom is -0.463 e. The number of fused-ring (bicyclic) bond motifs is 2. The number of carbonyl (C=O) groups excluding carboxylic acids is 2. The lowest BCUT2D eigenvalue weighted by Crippen LogP contribution is -2.54. The Labute approximate surface area is 227 Å². The van der Waals surface area contributed by atoms with Gasteiger partial charge < -0.3 is 24.2 Å². The summed E-state index contributed by atoms with van der Waals surface area (Å²) in [7, 11) is -1.18. The normalized spacial score (nSPS) is 29.6. The van der Waals surface area contributed by atoms with E-state index in [0.717, 1.165) is 37.3 Å². The van der Waals surface area contributed by atoms with Gasteiger partial charge in [0.25, 0.3) is 5.24 Å². The van der Waals surface area contributed by atoms with Crippen LogP contribution in [0.25, 0.3) is 0 Å². The summed E-state index contributed by atoms with van der Waals surface area (Å²) < 4.78 is 17.7. The Balaban J connectivity index is 1.34. The number of hydrogen-bond donors (Lipinski definition) is 1. The molecule has 7 nitrogen and oxygen atoms in total. The first-order chi connectivity index (χ1) is 17.5. The van der Waals surface area contributed by atoms with Crippen molar-refractivity contribution in [1.29, 1.82) is 0 Å². The third-order valence-corrected chi connectivity index (χ3v) is 9.82. The Morgan fingerprint density at radius 2 is 2.14 bits per heavy atom. The van der Waals surface area contributed by atoms with Gasteiger partial charge in [-0.1, -0.05) is 68.2 Å². The van der Waals surface area contributed by atoms with Gasteiger partial charge in [-0.2, -0.15) is 0 Å². The van der Waals surface area contributed by atoms with Crippen LogP contribution in [0.2, 0.25) is 25.7 Å². The molecule has 5 atom stereocenters. The van der Waals surface area contributed by atoms with Gasteiger partial charge in [0.15, 0.2) is 5.79 Å². The lowest BCUT2D eigenvalue weighted by Gasteiger charge is -2.42. The van der Waals surface area contributed by atoms with Crippen LogP contribution in [0.5, 0.6) is 0 Å². The molecule has 0 saturated carbocycles. The van der Waals surface area contributed by atoms with E-state index in [-0.39, 0.29) is 30.1 Å². The fourth-order valence-corrected chi connectivity index (χ4v) is 6.66. The summed E-state index contributed by atoms with van der Waals surface area (Å²) in [6.45, 7) is 11.7. The van der Waals surface area contributed by atoms with Crippen LogP contribution >= 0.6 is 11.8 Å². The molecule has 0 aromatic heterocycles. The molecule has 208 valence electrons. The van der Waals surface area contributed by atoms with E-state index in [1.54, 1.807) is 11.0 Å². The maximum Gasteiger partial charge on any atom is 0.330 e. The van der Waals surface area contributed by atoms with Crippen molar-refractivity contribution >= 4 is 31.0 Å². The summed E-state index contributed by atoms with van der Waals surface area (Å²) in [5.74, 6) is -0.0654. The van der Waals surface area contributed by atoms with Crippen molar-refractivity contribution in [2.24, 2.45) is 5.92 Å². The minimum absolute atomic E-state index is 0.0374. The van der Waals surface area contributed by atoms with E-state index in [0.29, 0.717) is 31.1 Å². The van der Waals surface area contributed by atoms with Crippen LogP contribution in [0.1, 0.15) is 52.4 Å². The average molecular weight is 552 g/mol. The first-order valence-electron chi connectivity index (χ1n) is 13.6. The van der Waals surface area contributed by atoms with Crippen molar-refractivity contribution in [3.8, 4) is 0 Å². The fraction of sp³-hybridized carbons (Fsp3) is 0.714. The van der Waals surface area contributed by atoms with Gasteiger partial charge >= 0.3 is 5.97 Å². The molecule has 3 aliphatic heterocycles. The Kier molecular flexibility index (Phi) is 11.1. The minimum atomic E-state index is -1.18. The number of hydrogen-bond acceptors (Lipinski definition) is 7. The summed E-state index contributed by atoms with van der Waals surface area (Å²) in [6, 6.07) is 0.883. The van der Waals surface area contributed by atoms with Crippen molar-refractivity contribution in [2.45, 2.75) is 102 Å². The largest absolute Gasteiger partial charge is 0.463 e.